The molecule has 26 heavy (non-hydrogen) atoms. The molecule has 0 spiro atoms. The second kappa shape index (κ2) is 7.48. The fourth-order valence-electron chi connectivity index (χ4n) is 2.30. The Kier molecular flexibility index (Phi) is 5.30. The molecule has 0 saturated carbocycles. The van der Waals surface area contributed by atoms with Gasteiger partial charge < -0.3 is 9.73 Å². The van der Waals surface area contributed by atoms with E-state index in [2.05, 4.69) is 10.3 Å². The molecule has 3 N–H and O–H groups in total. The predicted octanol–water partition coefficient (Wildman–Crippen LogP) is 2.98. The van der Waals surface area contributed by atoms with E-state index in [-0.39, 0.29) is 10.8 Å². The molecular weight excluding hydrogens is 374 g/mol. The van der Waals surface area contributed by atoms with Gasteiger partial charge in [0.25, 0.3) is 5.22 Å². The quantitative estimate of drug-likeness (QED) is 0.624. The van der Waals surface area contributed by atoms with Crippen LogP contribution in [0.15, 0.2) is 63.1 Å². The van der Waals surface area contributed by atoms with E-state index in [4.69, 9.17) is 9.56 Å². The van der Waals surface area contributed by atoms with Gasteiger partial charge in [-0.05, 0) is 42.8 Å². The maximum absolute atomic E-state index is 12.5. The van der Waals surface area contributed by atoms with Crippen molar-refractivity contribution in [1.82, 2.24) is 4.98 Å². The summed E-state index contributed by atoms with van der Waals surface area (Å²) < 4.78 is 28.2. The first kappa shape index (κ1) is 18.4. The topological polar surface area (TPSA) is 115 Å². The molecule has 3 aromatic rings. The third-order valence-corrected chi connectivity index (χ3v) is 5.77. The largest absolute Gasteiger partial charge is 0.431 e. The first-order valence-electron chi connectivity index (χ1n) is 7.83. The molecule has 0 aliphatic carbocycles. The standard InChI is InChI=1S/C17H17N3O4S2/c1-2-15(25-17-20-13-5-3-4-6-14(13)24-17)16(21)19-11-7-9-12(10-8-11)26(18,22)23/h3-10,15H,2H2,1H3,(H,19,21)(H2,18,22,23). The fraction of sp³-hybridized carbons (Fsp3) is 0.176. The highest BCUT2D eigenvalue weighted by atomic mass is 32.2. The number of para-hydroxylation sites is 2. The summed E-state index contributed by atoms with van der Waals surface area (Å²) in [4.78, 5) is 16.9. The summed E-state index contributed by atoms with van der Waals surface area (Å²) in [5.74, 6) is -0.219. The molecular formula is C17H17N3O4S2. The smallest absolute Gasteiger partial charge is 0.257 e. The van der Waals surface area contributed by atoms with Crippen LogP contribution < -0.4 is 10.5 Å². The number of nitrogens with two attached hydrogens (primary N) is 1. The number of amides is 1. The number of hydrogen-bond acceptors (Lipinski definition) is 6. The lowest BCUT2D eigenvalue weighted by Gasteiger charge is -2.13. The van der Waals surface area contributed by atoms with Crippen LogP contribution in [0.5, 0.6) is 0 Å². The van der Waals surface area contributed by atoms with Crippen LogP contribution in [-0.2, 0) is 14.8 Å². The first-order chi connectivity index (χ1) is 12.4. The molecule has 0 saturated heterocycles. The maximum atomic E-state index is 12.5. The van der Waals surface area contributed by atoms with Crippen molar-refractivity contribution >= 4 is 44.5 Å². The number of carbonyl (C=O) groups excluding carboxylic acids is 1. The number of thioether (sulfide) groups is 1. The second-order valence-electron chi connectivity index (χ2n) is 5.52. The highest BCUT2D eigenvalue weighted by Gasteiger charge is 2.21. The minimum Gasteiger partial charge on any atom is -0.431 e. The molecule has 7 nitrogen and oxygen atoms in total. The summed E-state index contributed by atoms with van der Waals surface area (Å²) >= 11 is 1.24. The van der Waals surface area contributed by atoms with Crippen molar-refractivity contribution in [3.05, 3.63) is 48.5 Å². The van der Waals surface area contributed by atoms with E-state index >= 15 is 0 Å². The molecule has 0 fully saturated rings. The Labute approximate surface area is 155 Å². The molecule has 1 atom stereocenters. The Bertz CT molecular complexity index is 997. The van der Waals surface area contributed by atoms with Crippen molar-refractivity contribution < 1.29 is 17.6 Å². The SMILES string of the molecule is CCC(Sc1nc2ccccc2o1)C(=O)Nc1ccc(S(N)(=O)=O)cc1. The number of carbonyl (C=O) groups is 1. The van der Waals surface area contributed by atoms with E-state index in [0.717, 1.165) is 5.52 Å². The first-order valence-corrected chi connectivity index (χ1v) is 10.3. The van der Waals surface area contributed by atoms with Crippen molar-refractivity contribution in [2.75, 3.05) is 5.32 Å². The highest BCUT2D eigenvalue weighted by molar-refractivity contribution is 8.00. The molecule has 2 aromatic carbocycles. The number of primary sulfonamides is 1. The van der Waals surface area contributed by atoms with Crippen LogP contribution in [0, 0.1) is 0 Å². The Morgan fingerprint density at radius 3 is 2.54 bits per heavy atom. The lowest BCUT2D eigenvalue weighted by molar-refractivity contribution is -0.115. The molecule has 0 bridgehead atoms. The molecule has 0 radical (unpaired) electrons. The lowest BCUT2D eigenvalue weighted by Crippen LogP contribution is -2.24. The van der Waals surface area contributed by atoms with Gasteiger partial charge in [-0.1, -0.05) is 30.8 Å². The number of sulfonamides is 1. The van der Waals surface area contributed by atoms with Crippen LogP contribution in [0.2, 0.25) is 0 Å². The van der Waals surface area contributed by atoms with Crippen molar-refractivity contribution in [3.63, 3.8) is 0 Å². The summed E-state index contributed by atoms with van der Waals surface area (Å²) in [6.07, 6.45) is 0.574. The second-order valence-corrected chi connectivity index (χ2v) is 8.24. The number of benzene rings is 2. The van der Waals surface area contributed by atoms with Gasteiger partial charge in [0.15, 0.2) is 5.58 Å². The molecule has 0 aliphatic heterocycles. The zero-order chi connectivity index (χ0) is 18.7. The van der Waals surface area contributed by atoms with Crippen LogP contribution in [0.25, 0.3) is 11.1 Å². The van der Waals surface area contributed by atoms with E-state index in [0.29, 0.717) is 22.9 Å². The van der Waals surface area contributed by atoms with Gasteiger partial charge in [-0.25, -0.2) is 18.5 Å². The van der Waals surface area contributed by atoms with E-state index in [1.54, 1.807) is 0 Å². The summed E-state index contributed by atoms with van der Waals surface area (Å²) in [6.45, 7) is 1.89. The number of nitrogens with one attached hydrogen (secondary N) is 1. The van der Waals surface area contributed by atoms with Gasteiger partial charge >= 0.3 is 0 Å². The number of fused-ring (bicyclic) bond motifs is 1. The van der Waals surface area contributed by atoms with E-state index in [1.807, 2.05) is 31.2 Å². The minimum absolute atomic E-state index is 0.0107. The lowest BCUT2D eigenvalue weighted by atomic mass is 10.3. The normalized spacial score (nSPS) is 12.8. The monoisotopic (exact) mass is 391 g/mol. The van der Waals surface area contributed by atoms with E-state index in [1.165, 1.54) is 36.0 Å². The molecule has 1 amide bonds. The zero-order valence-electron chi connectivity index (χ0n) is 13.9. The third-order valence-electron chi connectivity index (χ3n) is 3.63. The molecule has 1 heterocycles. The van der Waals surface area contributed by atoms with E-state index < -0.39 is 15.3 Å². The van der Waals surface area contributed by atoms with Crippen LogP contribution in [0.1, 0.15) is 13.3 Å². The van der Waals surface area contributed by atoms with Crippen LogP contribution in [0.3, 0.4) is 0 Å². The van der Waals surface area contributed by atoms with Gasteiger partial charge in [0.2, 0.25) is 15.9 Å². The Morgan fingerprint density at radius 2 is 1.92 bits per heavy atom. The molecule has 136 valence electrons. The average Bonchev–Trinajstić information content (AvgIpc) is 3.01. The van der Waals surface area contributed by atoms with Crippen molar-refractivity contribution in [3.8, 4) is 0 Å². The number of anilines is 1. The highest BCUT2D eigenvalue weighted by Crippen LogP contribution is 2.29. The van der Waals surface area contributed by atoms with Crippen LogP contribution in [0.4, 0.5) is 5.69 Å². The minimum atomic E-state index is -3.76. The van der Waals surface area contributed by atoms with Gasteiger partial charge in [0.05, 0.1) is 10.1 Å². The van der Waals surface area contributed by atoms with Gasteiger partial charge in [0.1, 0.15) is 5.52 Å². The molecule has 9 heteroatoms. The third kappa shape index (κ3) is 4.24. The number of rotatable bonds is 6. The van der Waals surface area contributed by atoms with Crippen molar-refractivity contribution in [2.24, 2.45) is 5.14 Å². The maximum Gasteiger partial charge on any atom is 0.257 e. The van der Waals surface area contributed by atoms with Crippen LogP contribution >= 0.6 is 11.8 Å². The number of hydrogen-bond donors (Lipinski definition) is 2. The molecule has 3 rings (SSSR count). The molecule has 1 unspecified atom stereocenters. The van der Waals surface area contributed by atoms with Gasteiger partial charge in [-0.3, -0.25) is 4.79 Å². The van der Waals surface area contributed by atoms with Crippen LogP contribution in [-0.4, -0.2) is 24.6 Å². The predicted molar refractivity (Wildman–Crippen MR) is 100 cm³/mol. The number of nitrogens with zero attached hydrogens (tertiary/aromatic N) is 1. The Morgan fingerprint density at radius 1 is 1.23 bits per heavy atom. The average molecular weight is 391 g/mol. The Balaban J connectivity index is 1.70. The van der Waals surface area contributed by atoms with Gasteiger partial charge in [0, 0.05) is 5.69 Å². The zero-order valence-corrected chi connectivity index (χ0v) is 15.5. The molecule has 1 aromatic heterocycles. The summed E-state index contributed by atoms with van der Waals surface area (Å²) in [7, 11) is -3.76. The van der Waals surface area contributed by atoms with Gasteiger partial charge in [-0.15, -0.1) is 0 Å². The number of aromatic nitrogens is 1. The van der Waals surface area contributed by atoms with Crippen molar-refractivity contribution in [2.45, 2.75) is 28.7 Å². The molecule has 0 aliphatic rings. The van der Waals surface area contributed by atoms with Crippen molar-refractivity contribution in [1.29, 1.82) is 0 Å². The summed E-state index contributed by atoms with van der Waals surface area (Å²) in [6, 6.07) is 13.1. The number of oxazole rings is 1. The Hall–Kier alpha value is -2.36. The fourth-order valence-corrected chi connectivity index (χ4v) is 3.68. The summed E-state index contributed by atoms with van der Waals surface area (Å²) in [5.41, 5.74) is 1.90. The summed E-state index contributed by atoms with van der Waals surface area (Å²) in [5, 5.41) is 7.85. The van der Waals surface area contributed by atoms with E-state index in [9.17, 15) is 13.2 Å². The van der Waals surface area contributed by atoms with Gasteiger partial charge in [-0.2, -0.15) is 0 Å².